The van der Waals surface area contributed by atoms with Crippen LogP contribution in [0.3, 0.4) is 0 Å². The van der Waals surface area contributed by atoms with Crippen molar-refractivity contribution in [1.82, 2.24) is 0 Å². The number of hydrogen-bond acceptors (Lipinski definition) is 2. The zero-order valence-corrected chi connectivity index (χ0v) is 15.0. The van der Waals surface area contributed by atoms with Crippen molar-refractivity contribution in [2.45, 2.75) is 13.1 Å². The Hall–Kier alpha value is -2.38. The van der Waals surface area contributed by atoms with Crippen LogP contribution in [0, 0.1) is 12.7 Å². The number of carboxylic acids is 1. The number of carbonyl (C=O) groups is 2. The lowest BCUT2D eigenvalue weighted by Gasteiger charge is -2.13. The SMILES string of the molecule is Cc1cc(C(=O)C=C(c2cc(Cl)c(F)c(Cl)c2)C(F)(F)F)ccc1C(=O)O. The first-order valence-corrected chi connectivity index (χ1v) is 7.99. The average Bonchev–Trinajstić information content (AvgIpc) is 2.55. The van der Waals surface area contributed by atoms with E-state index >= 15 is 0 Å². The molecule has 0 fully saturated rings. The minimum absolute atomic E-state index is 0.0799. The van der Waals surface area contributed by atoms with Gasteiger partial charge >= 0.3 is 12.1 Å². The van der Waals surface area contributed by atoms with Crippen LogP contribution in [0.4, 0.5) is 17.6 Å². The van der Waals surface area contributed by atoms with Gasteiger partial charge < -0.3 is 5.11 Å². The van der Waals surface area contributed by atoms with Crippen molar-refractivity contribution in [2.24, 2.45) is 0 Å². The van der Waals surface area contributed by atoms with E-state index in [1.54, 1.807) is 0 Å². The molecule has 0 spiro atoms. The number of halogens is 6. The Balaban J connectivity index is 2.55. The highest BCUT2D eigenvalue weighted by Crippen LogP contribution is 2.37. The molecule has 2 aromatic rings. The normalized spacial score (nSPS) is 12.2. The quantitative estimate of drug-likeness (QED) is 0.287. The largest absolute Gasteiger partial charge is 0.478 e. The number of alkyl halides is 3. The minimum atomic E-state index is -4.95. The summed E-state index contributed by atoms with van der Waals surface area (Å²) in [5.41, 5.74) is -1.95. The number of allylic oxidation sites excluding steroid dienone is 2. The zero-order valence-electron chi connectivity index (χ0n) is 13.5. The smallest absolute Gasteiger partial charge is 0.417 e. The van der Waals surface area contributed by atoms with Crippen LogP contribution in [0.5, 0.6) is 0 Å². The topological polar surface area (TPSA) is 54.4 Å². The summed E-state index contributed by atoms with van der Waals surface area (Å²) in [7, 11) is 0. The third kappa shape index (κ3) is 4.67. The molecule has 0 heterocycles. The molecule has 0 radical (unpaired) electrons. The summed E-state index contributed by atoms with van der Waals surface area (Å²) in [6.07, 6.45) is -4.62. The standard InChI is InChI=1S/C18H10Cl2F4O3/c1-8-4-9(2-3-11(8)17(26)27)15(25)7-12(18(22,23)24)10-5-13(19)16(21)14(20)6-10/h2-7H,1H3,(H,26,27). The number of aryl methyl sites for hydroxylation is 1. The van der Waals surface area contributed by atoms with Crippen molar-refractivity contribution >= 4 is 40.5 Å². The van der Waals surface area contributed by atoms with Gasteiger partial charge in [-0.05, 0) is 48.4 Å². The van der Waals surface area contributed by atoms with E-state index in [0.717, 1.165) is 12.1 Å². The molecule has 0 atom stereocenters. The van der Waals surface area contributed by atoms with Gasteiger partial charge in [0.25, 0.3) is 0 Å². The van der Waals surface area contributed by atoms with Crippen molar-refractivity contribution in [3.63, 3.8) is 0 Å². The van der Waals surface area contributed by atoms with Crippen molar-refractivity contribution < 1.29 is 32.3 Å². The van der Waals surface area contributed by atoms with Crippen LogP contribution in [-0.2, 0) is 0 Å². The molecule has 0 aromatic heterocycles. The van der Waals surface area contributed by atoms with Gasteiger partial charge in [-0.3, -0.25) is 4.79 Å². The van der Waals surface area contributed by atoms with E-state index in [-0.39, 0.29) is 16.7 Å². The maximum atomic E-state index is 13.5. The van der Waals surface area contributed by atoms with Gasteiger partial charge in [0.05, 0.1) is 21.2 Å². The van der Waals surface area contributed by atoms with E-state index in [9.17, 15) is 27.2 Å². The van der Waals surface area contributed by atoms with Gasteiger partial charge in [0.1, 0.15) is 0 Å². The summed E-state index contributed by atoms with van der Waals surface area (Å²) in [6, 6.07) is 4.83. The molecule has 0 aliphatic carbocycles. The van der Waals surface area contributed by atoms with Gasteiger partial charge in [-0.2, -0.15) is 13.2 Å². The first kappa shape index (κ1) is 20.9. The lowest BCUT2D eigenvalue weighted by atomic mass is 9.99. The van der Waals surface area contributed by atoms with Crippen molar-refractivity contribution in [2.75, 3.05) is 0 Å². The van der Waals surface area contributed by atoms with Crippen LogP contribution in [0.15, 0.2) is 36.4 Å². The van der Waals surface area contributed by atoms with Crippen LogP contribution < -0.4 is 0 Å². The Morgan fingerprint density at radius 2 is 1.59 bits per heavy atom. The molecule has 142 valence electrons. The number of benzene rings is 2. The Bertz CT molecular complexity index is 943. The molecule has 3 nitrogen and oxygen atoms in total. The fraction of sp³-hybridized carbons (Fsp3) is 0.111. The highest BCUT2D eigenvalue weighted by Gasteiger charge is 2.36. The Labute approximate surface area is 160 Å². The van der Waals surface area contributed by atoms with Crippen molar-refractivity contribution in [3.8, 4) is 0 Å². The molecular formula is C18H10Cl2F4O3. The highest BCUT2D eigenvalue weighted by molar-refractivity contribution is 6.35. The second kappa shape index (κ2) is 7.70. The maximum absolute atomic E-state index is 13.5. The summed E-state index contributed by atoms with van der Waals surface area (Å²) in [5, 5.41) is 7.72. The summed E-state index contributed by atoms with van der Waals surface area (Å²) >= 11 is 11.1. The van der Waals surface area contributed by atoms with E-state index in [1.165, 1.54) is 13.0 Å². The van der Waals surface area contributed by atoms with Crippen LogP contribution in [0.2, 0.25) is 10.0 Å². The summed E-state index contributed by atoms with van der Waals surface area (Å²) in [5.74, 6) is -3.32. The molecular weight excluding hydrogens is 411 g/mol. The highest BCUT2D eigenvalue weighted by atomic mass is 35.5. The molecule has 0 saturated carbocycles. The molecule has 0 saturated heterocycles. The number of rotatable bonds is 4. The van der Waals surface area contributed by atoms with E-state index in [0.29, 0.717) is 18.2 Å². The Kier molecular flexibility index (Phi) is 5.97. The van der Waals surface area contributed by atoms with Crippen LogP contribution >= 0.6 is 23.2 Å². The monoisotopic (exact) mass is 420 g/mol. The van der Waals surface area contributed by atoms with Gasteiger partial charge in [-0.1, -0.05) is 29.3 Å². The number of hydrogen-bond donors (Lipinski definition) is 1. The van der Waals surface area contributed by atoms with Gasteiger partial charge in [0.2, 0.25) is 0 Å². The number of carbonyl (C=O) groups excluding carboxylic acids is 1. The van der Waals surface area contributed by atoms with Gasteiger partial charge in [-0.15, -0.1) is 0 Å². The predicted octanol–water partition coefficient (Wildman–Crippen LogP) is 5.97. The lowest BCUT2D eigenvalue weighted by Crippen LogP contribution is -2.13. The molecule has 0 aliphatic rings. The van der Waals surface area contributed by atoms with Gasteiger partial charge in [0, 0.05) is 5.56 Å². The maximum Gasteiger partial charge on any atom is 0.417 e. The molecule has 2 aromatic carbocycles. The van der Waals surface area contributed by atoms with Crippen molar-refractivity contribution in [1.29, 1.82) is 0 Å². The Morgan fingerprint density at radius 3 is 2.04 bits per heavy atom. The second-order valence-electron chi connectivity index (χ2n) is 5.51. The van der Waals surface area contributed by atoms with E-state index in [2.05, 4.69) is 0 Å². The van der Waals surface area contributed by atoms with E-state index < -0.39 is 44.9 Å². The van der Waals surface area contributed by atoms with Crippen LogP contribution in [-0.4, -0.2) is 23.0 Å². The lowest BCUT2D eigenvalue weighted by molar-refractivity contribution is -0.0689. The molecule has 2 rings (SSSR count). The summed E-state index contributed by atoms with van der Waals surface area (Å²) in [6.45, 7) is 1.41. The molecule has 9 heteroatoms. The average molecular weight is 421 g/mol. The summed E-state index contributed by atoms with van der Waals surface area (Å²) in [4.78, 5) is 23.3. The third-order valence-electron chi connectivity index (χ3n) is 3.62. The fourth-order valence-electron chi connectivity index (χ4n) is 2.31. The first-order valence-electron chi connectivity index (χ1n) is 7.24. The molecule has 27 heavy (non-hydrogen) atoms. The van der Waals surface area contributed by atoms with E-state index in [4.69, 9.17) is 28.3 Å². The third-order valence-corrected chi connectivity index (χ3v) is 4.17. The minimum Gasteiger partial charge on any atom is -0.478 e. The molecule has 0 aliphatic heterocycles. The predicted molar refractivity (Wildman–Crippen MR) is 92.9 cm³/mol. The molecule has 0 amide bonds. The summed E-state index contributed by atoms with van der Waals surface area (Å²) < 4.78 is 53.7. The van der Waals surface area contributed by atoms with Crippen molar-refractivity contribution in [3.05, 3.63) is 74.5 Å². The molecule has 0 bridgehead atoms. The molecule has 0 unspecified atom stereocenters. The van der Waals surface area contributed by atoms with E-state index in [1.807, 2.05) is 0 Å². The first-order chi connectivity index (χ1) is 12.4. The second-order valence-corrected chi connectivity index (χ2v) is 6.32. The van der Waals surface area contributed by atoms with Gasteiger partial charge in [0.15, 0.2) is 11.6 Å². The number of carboxylic acid groups (broad SMARTS) is 1. The number of ketones is 1. The van der Waals surface area contributed by atoms with Crippen LogP contribution in [0.25, 0.3) is 5.57 Å². The zero-order chi connectivity index (χ0) is 20.5. The van der Waals surface area contributed by atoms with Crippen LogP contribution in [0.1, 0.15) is 31.8 Å². The number of aromatic carboxylic acids is 1. The fourth-order valence-corrected chi connectivity index (χ4v) is 2.80. The van der Waals surface area contributed by atoms with Gasteiger partial charge in [-0.25, -0.2) is 9.18 Å². The Morgan fingerprint density at radius 1 is 1.04 bits per heavy atom. The molecule has 1 N–H and O–H groups in total.